The highest BCUT2D eigenvalue weighted by Gasteiger charge is 2.03. The molecule has 5 heteroatoms. The molecule has 0 amide bonds. The first-order chi connectivity index (χ1) is 5.77. The Morgan fingerprint density at radius 2 is 2.50 bits per heavy atom. The van der Waals surface area contributed by atoms with E-state index in [1.165, 1.54) is 6.20 Å². The third kappa shape index (κ3) is 2.07. The Hall–Kier alpha value is -0.840. The first-order valence-corrected chi connectivity index (χ1v) is 3.77. The number of hydrogen-bond acceptors (Lipinski definition) is 4. The van der Waals surface area contributed by atoms with Gasteiger partial charge in [0.1, 0.15) is 0 Å². The van der Waals surface area contributed by atoms with Crippen molar-refractivity contribution in [3.8, 4) is 5.88 Å². The minimum Gasteiger partial charge on any atom is -0.481 e. The van der Waals surface area contributed by atoms with E-state index < -0.39 is 0 Å². The molecule has 0 saturated heterocycles. The van der Waals surface area contributed by atoms with Crippen LogP contribution in [0.2, 0.25) is 5.02 Å². The summed E-state index contributed by atoms with van der Waals surface area (Å²) < 4.78 is 4.99. The molecular weight excluding hydrogens is 178 g/mol. The monoisotopic (exact) mass is 187 g/mol. The fourth-order valence-corrected chi connectivity index (χ4v) is 1.07. The highest BCUT2D eigenvalue weighted by Crippen LogP contribution is 2.18. The SMILES string of the molecule is COc1ncc(Cl)cc1CNN. The van der Waals surface area contributed by atoms with Gasteiger partial charge in [-0.15, -0.1) is 0 Å². The summed E-state index contributed by atoms with van der Waals surface area (Å²) in [6, 6.07) is 1.76. The molecule has 0 spiro atoms. The van der Waals surface area contributed by atoms with E-state index in [0.29, 0.717) is 17.4 Å². The van der Waals surface area contributed by atoms with E-state index in [-0.39, 0.29) is 0 Å². The summed E-state index contributed by atoms with van der Waals surface area (Å²) in [6.45, 7) is 0.483. The van der Waals surface area contributed by atoms with E-state index in [9.17, 15) is 0 Å². The number of nitrogens with zero attached hydrogens (tertiary/aromatic N) is 1. The molecule has 0 aromatic carbocycles. The van der Waals surface area contributed by atoms with Crippen molar-refractivity contribution in [2.24, 2.45) is 5.84 Å². The molecule has 3 N–H and O–H groups in total. The third-order valence-electron chi connectivity index (χ3n) is 1.38. The Labute approximate surface area is 75.7 Å². The van der Waals surface area contributed by atoms with Crippen LogP contribution in [-0.4, -0.2) is 12.1 Å². The first-order valence-electron chi connectivity index (χ1n) is 3.39. The van der Waals surface area contributed by atoms with E-state index >= 15 is 0 Å². The predicted octanol–water partition coefficient (Wildman–Crippen LogP) is 0.707. The second-order valence-electron chi connectivity index (χ2n) is 2.20. The lowest BCUT2D eigenvalue weighted by molar-refractivity contribution is 0.391. The maximum Gasteiger partial charge on any atom is 0.217 e. The molecule has 0 fully saturated rings. The maximum atomic E-state index is 5.72. The predicted molar refractivity (Wildman–Crippen MR) is 46.8 cm³/mol. The Kier molecular flexibility index (Phi) is 3.28. The Morgan fingerprint density at radius 1 is 1.75 bits per heavy atom. The van der Waals surface area contributed by atoms with Gasteiger partial charge in [-0.2, -0.15) is 0 Å². The minimum absolute atomic E-state index is 0.483. The molecule has 0 atom stereocenters. The van der Waals surface area contributed by atoms with Crippen molar-refractivity contribution in [2.45, 2.75) is 6.54 Å². The molecule has 4 nitrogen and oxygen atoms in total. The van der Waals surface area contributed by atoms with Crippen molar-refractivity contribution in [1.82, 2.24) is 10.4 Å². The summed E-state index contributed by atoms with van der Waals surface area (Å²) in [5.41, 5.74) is 3.35. The lowest BCUT2D eigenvalue weighted by Gasteiger charge is -2.05. The fourth-order valence-electron chi connectivity index (χ4n) is 0.889. The lowest BCUT2D eigenvalue weighted by Crippen LogP contribution is -2.21. The van der Waals surface area contributed by atoms with Gasteiger partial charge in [-0.1, -0.05) is 11.6 Å². The van der Waals surface area contributed by atoms with Crippen molar-refractivity contribution in [3.63, 3.8) is 0 Å². The van der Waals surface area contributed by atoms with Gasteiger partial charge in [-0.3, -0.25) is 11.3 Å². The highest BCUT2D eigenvalue weighted by molar-refractivity contribution is 6.30. The smallest absolute Gasteiger partial charge is 0.217 e. The molecule has 0 radical (unpaired) electrons. The van der Waals surface area contributed by atoms with Gasteiger partial charge < -0.3 is 4.74 Å². The van der Waals surface area contributed by atoms with Crippen LogP contribution in [0, 0.1) is 0 Å². The van der Waals surface area contributed by atoms with E-state index in [4.69, 9.17) is 22.2 Å². The van der Waals surface area contributed by atoms with Crippen LogP contribution in [0.1, 0.15) is 5.56 Å². The van der Waals surface area contributed by atoms with Gasteiger partial charge in [0.05, 0.1) is 12.1 Å². The first kappa shape index (κ1) is 9.25. The van der Waals surface area contributed by atoms with Gasteiger partial charge in [0.2, 0.25) is 5.88 Å². The van der Waals surface area contributed by atoms with E-state index in [1.54, 1.807) is 13.2 Å². The zero-order chi connectivity index (χ0) is 8.97. The van der Waals surface area contributed by atoms with Crippen LogP contribution >= 0.6 is 11.6 Å². The Morgan fingerprint density at radius 3 is 3.08 bits per heavy atom. The molecule has 0 aliphatic carbocycles. The fraction of sp³-hybridized carbons (Fsp3) is 0.286. The summed E-state index contributed by atoms with van der Waals surface area (Å²) in [5, 5.41) is 0.570. The number of halogens is 1. The van der Waals surface area contributed by atoms with Crippen molar-refractivity contribution >= 4 is 11.6 Å². The minimum atomic E-state index is 0.483. The average Bonchev–Trinajstić information content (AvgIpc) is 2.05. The summed E-state index contributed by atoms with van der Waals surface area (Å²) in [4.78, 5) is 3.97. The normalized spacial score (nSPS) is 9.92. The number of nitrogens with one attached hydrogen (secondary N) is 1. The van der Waals surface area contributed by atoms with Gasteiger partial charge in [0, 0.05) is 18.3 Å². The van der Waals surface area contributed by atoms with E-state index in [1.807, 2.05) is 0 Å². The summed E-state index contributed by atoms with van der Waals surface area (Å²) >= 11 is 5.72. The van der Waals surface area contributed by atoms with Gasteiger partial charge in [0.25, 0.3) is 0 Å². The molecule has 1 aromatic heterocycles. The van der Waals surface area contributed by atoms with Gasteiger partial charge in [-0.25, -0.2) is 4.98 Å². The van der Waals surface area contributed by atoms with E-state index in [0.717, 1.165) is 5.56 Å². The lowest BCUT2D eigenvalue weighted by atomic mass is 10.3. The zero-order valence-corrected chi connectivity index (χ0v) is 7.43. The molecule has 0 saturated carbocycles. The topological polar surface area (TPSA) is 60.2 Å². The van der Waals surface area contributed by atoms with Crippen LogP contribution in [0.15, 0.2) is 12.3 Å². The number of methoxy groups -OCH3 is 1. The summed E-state index contributed by atoms with van der Waals surface area (Å²) in [6.07, 6.45) is 1.53. The van der Waals surface area contributed by atoms with E-state index in [2.05, 4.69) is 10.4 Å². The molecule has 0 bridgehead atoms. The van der Waals surface area contributed by atoms with Crippen LogP contribution < -0.4 is 16.0 Å². The molecule has 66 valence electrons. The number of aromatic nitrogens is 1. The molecular formula is C7H10ClN3O. The number of pyridine rings is 1. The van der Waals surface area contributed by atoms with Crippen molar-refractivity contribution in [1.29, 1.82) is 0 Å². The molecule has 1 aromatic rings. The number of nitrogens with two attached hydrogens (primary N) is 1. The summed E-state index contributed by atoms with van der Waals surface area (Å²) in [7, 11) is 1.55. The van der Waals surface area contributed by atoms with Gasteiger partial charge in [-0.05, 0) is 6.07 Å². The molecule has 1 rings (SSSR count). The van der Waals surface area contributed by atoms with Crippen molar-refractivity contribution < 1.29 is 4.74 Å². The molecule has 12 heavy (non-hydrogen) atoms. The van der Waals surface area contributed by atoms with Crippen LogP contribution in [0.4, 0.5) is 0 Å². The molecule has 0 aliphatic heterocycles. The number of ether oxygens (including phenoxy) is 1. The Balaban J connectivity index is 2.95. The van der Waals surface area contributed by atoms with Gasteiger partial charge in [0.15, 0.2) is 0 Å². The van der Waals surface area contributed by atoms with Crippen LogP contribution in [0.5, 0.6) is 5.88 Å². The average molecular weight is 188 g/mol. The largest absolute Gasteiger partial charge is 0.481 e. The number of rotatable bonds is 3. The third-order valence-corrected chi connectivity index (χ3v) is 1.58. The van der Waals surface area contributed by atoms with Crippen molar-refractivity contribution in [3.05, 3.63) is 22.8 Å². The van der Waals surface area contributed by atoms with Crippen LogP contribution in [0.3, 0.4) is 0 Å². The van der Waals surface area contributed by atoms with Crippen LogP contribution in [0.25, 0.3) is 0 Å². The van der Waals surface area contributed by atoms with Gasteiger partial charge >= 0.3 is 0 Å². The molecule has 0 unspecified atom stereocenters. The quantitative estimate of drug-likeness (QED) is 0.541. The van der Waals surface area contributed by atoms with Crippen LogP contribution in [-0.2, 0) is 6.54 Å². The highest BCUT2D eigenvalue weighted by atomic mass is 35.5. The second kappa shape index (κ2) is 4.25. The molecule has 0 aliphatic rings. The number of hydrazine groups is 1. The number of hydrogen-bond donors (Lipinski definition) is 2. The maximum absolute atomic E-state index is 5.72. The standard InChI is InChI=1S/C7H10ClN3O/c1-12-7-5(3-11-9)2-6(8)4-10-7/h2,4,11H,3,9H2,1H3. The molecule has 1 heterocycles. The summed E-state index contributed by atoms with van der Waals surface area (Å²) in [5.74, 6) is 5.70. The zero-order valence-electron chi connectivity index (χ0n) is 6.67. The Bertz CT molecular complexity index is 267. The second-order valence-corrected chi connectivity index (χ2v) is 2.64. The van der Waals surface area contributed by atoms with Crippen molar-refractivity contribution in [2.75, 3.05) is 7.11 Å².